The molecule has 2 aromatic heterocycles. The number of nitrogens with zero attached hydrogens (tertiary/aromatic N) is 1. The number of benzene rings is 1. The summed E-state index contributed by atoms with van der Waals surface area (Å²) in [5.74, 6) is 0.833. The van der Waals surface area contributed by atoms with E-state index >= 15 is 0 Å². The highest BCUT2D eigenvalue weighted by Crippen LogP contribution is 2.34. The predicted octanol–water partition coefficient (Wildman–Crippen LogP) is 3.42. The number of ether oxygens (including phenoxy) is 1. The molecular weight excluding hydrogens is 290 g/mol. The Bertz CT molecular complexity index is 946. The van der Waals surface area contributed by atoms with Gasteiger partial charge in [-0.1, -0.05) is 0 Å². The highest BCUT2D eigenvalue weighted by Gasteiger charge is 2.26. The summed E-state index contributed by atoms with van der Waals surface area (Å²) in [4.78, 5) is 23.6. The number of Topliss-reactive ketones (excluding diaryl/α,β-unsaturated/α-hetero) is 1. The van der Waals surface area contributed by atoms with E-state index in [1.165, 1.54) is 0 Å². The third kappa shape index (κ3) is 2.16. The van der Waals surface area contributed by atoms with Crippen molar-refractivity contribution in [3.8, 4) is 5.75 Å². The van der Waals surface area contributed by atoms with Gasteiger partial charge in [-0.2, -0.15) is 0 Å². The fourth-order valence-corrected chi connectivity index (χ4v) is 3.15. The second-order valence-electron chi connectivity index (χ2n) is 5.80. The van der Waals surface area contributed by atoms with Crippen molar-refractivity contribution in [3.63, 3.8) is 0 Å². The number of aryl methyl sites for hydroxylation is 2. The number of hydrogen-bond donors (Lipinski definition) is 2. The minimum atomic E-state index is 0.0770. The van der Waals surface area contributed by atoms with Crippen LogP contribution < -0.4 is 4.74 Å². The first kappa shape index (κ1) is 13.8. The molecule has 4 rings (SSSR count). The summed E-state index contributed by atoms with van der Waals surface area (Å²) >= 11 is 0. The van der Waals surface area contributed by atoms with E-state index in [4.69, 9.17) is 4.74 Å². The van der Waals surface area contributed by atoms with E-state index in [0.717, 1.165) is 57.7 Å². The summed E-state index contributed by atoms with van der Waals surface area (Å²) in [6.45, 7) is 1.95. The second-order valence-corrected chi connectivity index (χ2v) is 5.80. The van der Waals surface area contributed by atoms with Crippen LogP contribution in [0.3, 0.4) is 0 Å². The van der Waals surface area contributed by atoms with Gasteiger partial charge in [-0.25, -0.2) is 4.98 Å². The molecule has 0 spiro atoms. The van der Waals surface area contributed by atoms with Crippen LogP contribution >= 0.6 is 0 Å². The molecular formula is C18H17N3O2. The number of fused-ring (bicyclic) bond motifs is 3. The quantitative estimate of drug-likeness (QED) is 0.713. The Morgan fingerprint density at radius 1 is 1.30 bits per heavy atom. The molecule has 0 atom stereocenters. The van der Waals surface area contributed by atoms with Gasteiger partial charge in [-0.15, -0.1) is 0 Å². The van der Waals surface area contributed by atoms with Gasteiger partial charge in [0.05, 0.1) is 24.7 Å². The standard InChI is InChI=1S/C18H17N3O2/c1-10-16(20-9-19-10)7-11-3-5-15-17(18(11)22)13-8-12(23-2)4-6-14(13)21-15/h4,6-9,21H,3,5H2,1-2H3,(H,19,20)/b11-7-. The summed E-state index contributed by atoms with van der Waals surface area (Å²) in [5, 5.41) is 0.925. The Hall–Kier alpha value is -2.82. The van der Waals surface area contributed by atoms with E-state index in [-0.39, 0.29) is 5.78 Å². The lowest BCUT2D eigenvalue weighted by atomic mass is 9.89. The molecule has 1 aliphatic rings. The van der Waals surface area contributed by atoms with Crippen LogP contribution in [0.5, 0.6) is 5.75 Å². The van der Waals surface area contributed by atoms with E-state index in [0.29, 0.717) is 0 Å². The van der Waals surface area contributed by atoms with Crippen molar-refractivity contribution in [2.45, 2.75) is 19.8 Å². The first-order valence-corrected chi connectivity index (χ1v) is 7.61. The van der Waals surface area contributed by atoms with Gasteiger partial charge in [-0.05, 0) is 44.0 Å². The number of methoxy groups -OCH3 is 1. The van der Waals surface area contributed by atoms with Crippen molar-refractivity contribution in [2.24, 2.45) is 0 Å². The molecule has 23 heavy (non-hydrogen) atoms. The minimum absolute atomic E-state index is 0.0770. The first-order chi connectivity index (χ1) is 11.2. The number of nitrogens with one attached hydrogen (secondary N) is 2. The maximum Gasteiger partial charge on any atom is 0.191 e. The van der Waals surface area contributed by atoms with Gasteiger partial charge in [0, 0.05) is 27.9 Å². The third-order valence-corrected chi connectivity index (χ3v) is 4.43. The Morgan fingerprint density at radius 2 is 2.17 bits per heavy atom. The number of H-pyrrole nitrogens is 2. The Kier molecular flexibility index (Phi) is 3.08. The molecule has 3 aromatic rings. The number of hydrogen-bond acceptors (Lipinski definition) is 3. The van der Waals surface area contributed by atoms with Crippen LogP contribution in [0, 0.1) is 6.92 Å². The molecule has 1 aromatic carbocycles. The zero-order valence-corrected chi connectivity index (χ0v) is 13.1. The molecule has 0 saturated heterocycles. The Morgan fingerprint density at radius 3 is 2.91 bits per heavy atom. The summed E-state index contributed by atoms with van der Waals surface area (Å²) in [5.41, 5.74) is 5.35. The SMILES string of the molecule is COc1ccc2[nH]c3c(c2c1)C(=O)/C(=C\c1nc[nH]c1C)CC3. The number of imidazole rings is 1. The molecule has 0 saturated carbocycles. The zero-order chi connectivity index (χ0) is 16.0. The maximum atomic E-state index is 13.0. The van der Waals surface area contributed by atoms with Crippen LogP contribution in [0.15, 0.2) is 30.1 Å². The normalized spacial score (nSPS) is 16.1. The topological polar surface area (TPSA) is 70.8 Å². The molecule has 0 unspecified atom stereocenters. The van der Waals surface area contributed by atoms with Crippen LogP contribution in [0.2, 0.25) is 0 Å². The highest BCUT2D eigenvalue weighted by atomic mass is 16.5. The maximum absolute atomic E-state index is 13.0. The average Bonchev–Trinajstić information content (AvgIpc) is 3.13. The van der Waals surface area contributed by atoms with Gasteiger partial charge >= 0.3 is 0 Å². The summed E-state index contributed by atoms with van der Waals surface area (Å²) < 4.78 is 5.29. The largest absolute Gasteiger partial charge is 0.497 e. The summed E-state index contributed by atoms with van der Waals surface area (Å²) in [7, 11) is 1.63. The molecule has 2 N–H and O–H groups in total. The minimum Gasteiger partial charge on any atom is -0.497 e. The molecule has 0 amide bonds. The lowest BCUT2D eigenvalue weighted by Gasteiger charge is -2.14. The van der Waals surface area contributed by atoms with Crippen LogP contribution in [0.4, 0.5) is 0 Å². The van der Waals surface area contributed by atoms with Crippen molar-refractivity contribution in [1.29, 1.82) is 0 Å². The first-order valence-electron chi connectivity index (χ1n) is 7.61. The molecule has 5 nitrogen and oxygen atoms in total. The van der Waals surface area contributed by atoms with Gasteiger partial charge in [-0.3, -0.25) is 4.79 Å². The van der Waals surface area contributed by atoms with Gasteiger partial charge in [0.25, 0.3) is 0 Å². The number of carbonyl (C=O) groups excluding carboxylic acids is 1. The number of ketones is 1. The van der Waals surface area contributed by atoms with Crippen molar-refractivity contribution >= 4 is 22.8 Å². The number of rotatable bonds is 2. The number of aromatic amines is 2. The molecule has 1 aliphatic carbocycles. The van der Waals surface area contributed by atoms with Gasteiger partial charge < -0.3 is 14.7 Å². The van der Waals surface area contributed by atoms with Gasteiger partial charge in [0.1, 0.15) is 5.75 Å². The summed E-state index contributed by atoms with van der Waals surface area (Å²) in [6, 6.07) is 5.78. The van der Waals surface area contributed by atoms with E-state index < -0.39 is 0 Å². The average molecular weight is 307 g/mol. The van der Waals surface area contributed by atoms with Crippen LogP contribution in [-0.2, 0) is 6.42 Å². The van der Waals surface area contributed by atoms with Crippen molar-refractivity contribution in [1.82, 2.24) is 15.0 Å². The van der Waals surface area contributed by atoms with E-state index in [1.54, 1.807) is 13.4 Å². The van der Waals surface area contributed by atoms with E-state index in [2.05, 4.69) is 15.0 Å². The third-order valence-electron chi connectivity index (χ3n) is 4.43. The molecule has 5 heteroatoms. The van der Waals surface area contributed by atoms with Crippen molar-refractivity contribution in [3.05, 3.63) is 52.7 Å². The van der Waals surface area contributed by atoms with Crippen LogP contribution in [-0.4, -0.2) is 27.8 Å². The molecule has 0 bridgehead atoms. The van der Waals surface area contributed by atoms with E-state index in [9.17, 15) is 4.79 Å². The summed E-state index contributed by atoms with van der Waals surface area (Å²) in [6.07, 6.45) is 5.10. The monoisotopic (exact) mass is 307 g/mol. The van der Waals surface area contributed by atoms with Crippen molar-refractivity contribution < 1.29 is 9.53 Å². The number of carbonyl (C=O) groups is 1. The predicted molar refractivity (Wildman–Crippen MR) is 88.8 cm³/mol. The molecule has 116 valence electrons. The van der Waals surface area contributed by atoms with Gasteiger partial charge in [0.15, 0.2) is 5.78 Å². The Balaban J connectivity index is 1.84. The fourth-order valence-electron chi connectivity index (χ4n) is 3.15. The number of aromatic nitrogens is 3. The van der Waals surface area contributed by atoms with Crippen molar-refractivity contribution in [2.75, 3.05) is 7.11 Å². The van der Waals surface area contributed by atoms with E-state index in [1.807, 2.05) is 31.2 Å². The zero-order valence-electron chi connectivity index (χ0n) is 13.1. The van der Waals surface area contributed by atoms with Gasteiger partial charge in [0.2, 0.25) is 0 Å². The van der Waals surface area contributed by atoms with Crippen LogP contribution in [0.1, 0.15) is 33.9 Å². The smallest absolute Gasteiger partial charge is 0.191 e. The lowest BCUT2D eigenvalue weighted by molar-refractivity contribution is 0.102. The molecule has 0 aliphatic heterocycles. The lowest BCUT2D eigenvalue weighted by Crippen LogP contribution is -2.13. The highest BCUT2D eigenvalue weighted by molar-refractivity contribution is 6.19. The second kappa shape index (κ2) is 5.12. The Labute approximate surface area is 133 Å². The van der Waals surface area contributed by atoms with Crippen LogP contribution in [0.25, 0.3) is 17.0 Å². The molecule has 2 heterocycles. The number of allylic oxidation sites excluding steroid dienone is 1. The molecule has 0 radical (unpaired) electrons. The molecule has 0 fully saturated rings. The fraction of sp³-hybridized carbons (Fsp3) is 0.222.